The third-order valence-electron chi connectivity index (χ3n) is 11.5. The second-order valence-electron chi connectivity index (χ2n) is 17.1. The molecule has 5 fully saturated rings. The van der Waals surface area contributed by atoms with Gasteiger partial charge in [-0.25, -0.2) is 0 Å². The molecule has 4 saturated carbocycles. The summed E-state index contributed by atoms with van der Waals surface area (Å²) in [5.41, 5.74) is 7.62. The highest BCUT2D eigenvalue weighted by molar-refractivity contribution is 6.64. The minimum Gasteiger partial charge on any atom is -0.467 e. The van der Waals surface area contributed by atoms with Crippen molar-refractivity contribution in [1.82, 2.24) is 0 Å². The van der Waals surface area contributed by atoms with Crippen molar-refractivity contribution in [1.29, 1.82) is 0 Å². The van der Waals surface area contributed by atoms with E-state index in [1.807, 2.05) is 0 Å². The van der Waals surface area contributed by atoms with Gasteiger partial charge in [-0.15, -0.1) is 0 Å². The van der Waals surface area contributed by atoms with Gasteiger partial charge in [0.2, 0.25) is 0 Å². The number of ether oxygens (including phenoxy) is 2. The predicted octanol–water partition coefficient (Wildman–Crippen LogP) is 8.71. The minimum atomic E-state index is -0.459. The molecule has 2 aromatic carbocycles. The molecule has 7 rings (SSSR count). The molecule has 4 aliphatic carbocycles. The van der Waals surface area contributed by atoms with Crippen LogP contribution in [0.4, 0.5) is 0 Å². The summed E-state index contributed by atoms with van der Waals surface area (Å²) in [7, 11) is 1.26. The van der Waals surface area contributed by atoms with Crippen molar-refractivity contribution < 1.29 is 18.8 Å². The highest BCUT2D eigenvalue weighted by atomic mass is 16.7. The van der Waals surface area contributed by atoms with Crippen molar-refractivity contribution in [2.45, 2.75) is 130 Å². The SMILES string of the molecule is COCOc1c(-c2ccc(C(C)C)cc2B2OC(C)(C)C(C)(C)O2)cc(C)cc1C12CC3(C)CC(C)(CC(C)(C3)C1)C2. The van der Waals surface area contributed by atoms with Crippen LogP contribution in [0.1, 0.15) is 123 Å². The lowest BCUT2D eigenvalue weighted by Crippen LogP contribution is -2.60. The van der Waals surface area contributed by atoms with Gasteiger partial charge in [0.05, 0.1) is 11.2 Å². The summed E-state index contributed by atoms with van der Waals surface area (Å²) in [4.78, 5) is 0. The van der Waals surface area contributed by atoms with E-state index < -0.39 is 18.3 Å². The highest BCUT2D eigenvalue weighted by Gasteiger charge is 2.65. The lowest BCUT2D eigenvalue weighted by atomic mass is 9.35. The van der Waals surface area contributed by atoms with Gasteiger partial charge in [-0.3, -0.25) is 0 Å². The van der Waals surface area contributed by atoms with Gasteiger partial charge in [0, 0.05) is 23.7 Å². The minimum absolute atomic E-state index is 0.0965. The molecule has 228 valence electrons. The molecule has 4 bridgehead atoms. The molecule has 1 heterocycles. The number of benzene rings is 2. The summed E-state index contributed by atoms with van der Waals surface area (Å²) in [5, 5.41) is 0. The average Bonchev–Trinajstić information content (AvgIpc) is 3.06. The first kappa shape index (κ1) is 30.2. The second-order valence-corrected chi connectivity index (χ2v) is 17.1. The van der Waals surface area contributed by atoms with Gasteiger partial charge in [-0.1, -0.05) is 58.9 Å². The van der Waals surface area contributed by atoms with Crippen LogP contribution in [-0.4, -0.2) is 32.2 Å². The third kappa shape index (κ3) is 4.86. The van der Waals surface area contributed by atoms with E-state index in [1.165, 1.54) is 55.2 Å². The van der Waals surface area contributed by atoms with Crippen LogP contribution in [0.25, 0.3) is 11.1 Å². The Kier molecular flexibility index (Phi) is 6.90. The van der Waals surface area contributed by atoms with E-state index in [9.17, 15) is 0 Å². The van der Waals surface area contributed by atoms with E-state index in [1.54, 1.807) is 7.11 Å². The van der Waals surface area contributed by atoms with Crippen LogP contribution >= 0.6 is 0 Å². The molecule has 5 aliphatic rings. The molecule has 0 amide bonds. The van der Waals surface area contributed by atoms with E-state index in [4.69, 9.17) is 18.8 Å². The predicted molar refractivity (Wildman–Crippen MR) is 173 cm³/mol. The van der Waals surface area contributed by atoms with Gasteiger partial charge in [0.15, 0.2) is 6.79 Å². The molecule has 1 aliphatic heterocycles. The van der Waals surface area contributed by atoms with E-state index in [0.717, 1.165) is 22.3 Å². The number of hydrogen-bond acceptors (Lipinski definition) is 4. The maximum absolute atomic E-state index is 6.69. The Labute approximate surface area is 255 Å². The van der Waals surface area contributed by atoms with Crippen LogP contribution in [0, 0.1) is 23.2 Å². The molecule has 42 heavy (non-hydrogen) atoms. The Morgan fingerprint density at radius 1 is 0.762 bits per heavy atom. The number of rotatable bonds is 7. The standard InChI is InChI=1S/C37H53BO4/c1-24(2)26-12-13-27(30(16-26)38-41-32(4,5)33(6,7)42-38)28-14-25(3)15-29(31(28)40-23-39-11)37-20-34(8)17-35(9,21-37)19-36(10,18-34)22-37/h12-16,24H,17-23H2,1-11H3. The van der Waals surface area contributed by atoms with Gasteiger partial charge in [-0.2, -0.15) is 0 Å². The van der Waals surface area contributed by atoms with Crippen molar-refractivity contribution in [2.75, 3.05) is 13.9 Å². The zero-order valence-corrected chi connectivity index (χ0v) is 28.1. The molecule has 5 heteroatoms. The lowest BCUT2D eigenvalue weighted by Gasteiger charge is -2.69. The Morgan fingerprint density at radius 2 is 1.31 bits per heavy atom. The fourth-order valence-electron chi connectivity index (χ4n) is 10.6. The zero-order chi connectivity index (χ0) is 30.5. The van der Waals surface area contributed by atoms with Crippen LogP contribution < -0.4 is 10.2 Å². The highest BCUT2D eigenvalue weighted by Crippen LogP contribution is 2.74. The summed E-state index contributed by atoms with van der Waals surface area (Å²) in [6, 6.07) is 11.6. The Balaban J connectivity index is 1.56. The van der Waals surface area contributed by atoms with Gasteiger partial charge in [0.25, 0.3) is 0 Å². The first-order valence-corrected chi connectivity index (χ1v) is 16.2. The van der Waals surface area contributed by atoms with E-state index in [-0.39, 0.29) is 12.2 Å². The molecule has 0 atom stereocenters. The summed E-state index contributed by atoms with van der Waals surface area (Å²) in [6.45, 7) is 23.2. The Morgan fingerprint density at radius 3 is 1.81 bits per heavy atom. The summed E-state index contributed by atoms with van der Waals surface area (Å²) in [6.07, 6.45) is 7.71. The maximum atomic E-state index is 6.69. The van der Waals surface area contributed by atoms with Gasteiger partial charge >= 0.3 is 7.12 Å². The largest absolute Gasteiger partial charge is 0.495 e. The summed E-state index contributed by atoms with van der Waals surface area (Å²) >= 11 is 0. The zero-order valence-electron chi connectivity index (χ0n) is 28.1. The van der Waals surface area contributed by atoms with Crippen molar-refractivity contribution in [3.63, 3.8) is 0 Å². The lowest BCUT2D eigenvalue weighted by molar-refractivity contribution is -0.152. The first-order valence-electron chi connectivity index (χ1n) is 16.2. The van der Waals surface area contributed by atoms with Gasteiger partial charge in [0.1, 0.15) is 5.75 Å². The third-order valence-corrected chi connectivity index (χ3v) is 11.5. The molecular weight excluding hydrogens is 519 g/mol. The topological polar surface area (TPSA) is 36.9 Å². The molecule has 1 saturated heterocycles. The molecule has 4 nitrogen and oxygen atoms in total. The van der Waals surface area contributed by atoms with Crippen molar-refractivity contribution in [3.8, 4) is 16.9 Å². The molecule has 0 aromatic heterocycles. The van der Waals surface area contributed by atoms with E-state index in [0.29, 0.717) is 22.2 Å². The number of methoxy groups -OCH3 is 1. The molecule has 0 unspecified atom stereocenters. The normalized spacial score (nSPS) is 34.4. The molecule has 0 spiro atoms. The van der Waals surface area contributed by atoms with Crippen LogP contribution in [0.15, 0.2) is 30.3 Å². The van der Waals surface area contributed by atoms with Crippen molar-refractivity contribution in [2.24, 2.45) is 16.2 Å². The number of aryl methyl sites for hydroxylation is 1. The van der Waals surface area contributed by atoms with Crippen LogP contribution in [0.5, 0.6) is 5.75 Å². The molecule has 2 aromatic rings. The smallest absolute Gasteiger partial charge is 0.467 e. The Bertz CT molecular complexity index is 1320. The number of hydrogen-bond donors (Lipinski definition) is 0. The Hall–Kier alpha value is -1.82. The molecular formula is C37H53BO4. The van der Waals surface area contributed by atoms with Crippen LogP contribution in [0.3, 0.4) is 0 Å². The monoisotopic (exact) mass is 572 g/mol. The maximum Gasteiger partial charge on any atom is 0.495 e. The van der Waals surface area contributed by atoms with Crippen molar-refractivity contribution in [3.05, 3.63) is 47.0 Å². The van der Waals surface area contributed by atoms with E-state index in [2.05, 4.69) is 99.6 Å². The van der Waals surface area contributed by atoms with Crippen LogP contribution in [0.2, 0.25) is 0 Å². The molecule has 0 radical (unpaired) electrons. The van der Waals surface area contributed by atoms with E-state index >= 15 is 0 Å². The molecule has 0 N–H and O–H groups in total. The summed E-state index contributed by atoms with van der Waals surface area (Å²) < 4.78 is 25.6. The fraction of sp³-hybridized carbons (Fsp3) is 0.676. The average molecular weight is 573 g/mol. The quantitative estimate of drug-likeness (QED) is 0.246. The summed E-state index contributed by atoms with van der Waals surface area (Å²) in [5.74, 6) is 1.38. The fourth-order valence-corrected chi connectivity index (χ4v) is 10.6. The second kappa shape index (κ2) is 9.59. The first-order chi connectivity index (χ1) is 19.4. The van der Waals surface area contributed by atoms with Gasteiger partial charge in [-0.05, 0) is 124 Å². The van der Waals surface area contributed by atoms with Crippen LogP contribution in [-0.2, 0) is 19.5 Å². The van der Waals surface area contributed by atoms with Crippen molar-refractivity contribution >= 4 is 12.6 Å². The van der Waals surface area contributed by atoms with Gasteiger partial charge < -0.3 is 18.8 Å².